The first-order valence-electron chi connectivity index (χ1n) is 16.8. The van der Waals surface area contributed by atoms with Gasteiger partial charge in [-0.1, -0.05) is 61.5 Å². The van der Waals surface area contributed by atoms with Crippen LogP contribution in [0.15, 0.2) is 101 Å². The first-order valence-corrected chi connectivity index (χ1v) is 17.6. The van der Waals surface area contributed by atoms with Gasteiger partial charge in [-0.3, -0.25) is 19.1 Å². The van der Waals surface area contributed by atoms with E-state index in [0.717, 1.165) is 27.8 Å². The quantitative estimate of drug-likeness (QED) is 0.119. The van der Waals surface area contributed by atoms with Gasteiger partial charge < -0.3 is 4.74 Å². The molecule has 6 rings (SSSR count). The van der Waals surface area contributed by atoms with Gasteiger partial charge in [0.25, 0.3) is 5.56 Å². The number of fused-ring (bicyclic) bond motifs is 1. The molecule has 266 valence electrons. The number of halogens is 2. The molecule has 0 atom stereocenters. The maximum absolute atomic E-state index is 15.1. The molecule has 0 saturated carbocycles. The molecule has 0 saturated heterocycles. The van der Waals surface area contributed by atoms with Gasteiger partial charge in [-0.2, -0.15) is 0 Å². The average Bonchev–Trinajstić information content (AvgIpc) is 3.50. The summed E-state index contributed by atoms with van der Waals surface area (Å²) in [5, 5.41) is 0.227. The van der Waals surface area contributed by atoms with Gasteiger partial charge in [0.2, 0.25) is 0 Å². The van der Waals surface area contributed by atoms with Gasteiger partial charge in [-0.05, 0) is 67.1 Å². The maximum atomic E-state index is 15.1. The third kappa shape index (κ3) is 7.53. The predicted molar refractivity (Wildman–Crippen MR) is 197 cm³/mol. The van der Waals surface area contributed by atoms with Gasteiger partial charge in [0.1, 0.15) is 27.9 Å². The van der Waals surface area contributed by atoms with Crippen LogP contribution in [0.2, 0.25) is 0 Å². The van der Waals surface area contributed by atoms with Crippen LogP contribution in [0.3, 0.4) is 0 Å². The zero-order valence-corrected chi connectivity index (χ0v) is 29.7. The molecule has 0 aliphatic rings. The molecule has 0 spiro atoms. The van der Waals surface area contributed by atoms with Crippen LogP contribution in [0.25, 0.3) is 26.3 Å². The molecule has 0 radical (unpaired) electrons. The summed E-state index contributed by atoms with van der Waals surface area (Å²) in [5.74, 6) is -2.07. The molecule has 0 fully saturated rings. The highest BCUT2D eigenvalue weighted by Gasteiger charge is 2.26. The van der Waals surface area contributed by atoms with Crippen LogP contribution in [0.5, 0.6) is 0 Å². The Balaban J connectivity index is 1.56. The smallest absolute Gasteiger partial charge is 0.356 e. The monoisotopic (exact) mass is 722 g/mol. The van der Waals surface area contributed by atoms with E-state index in [1.165, 1.54) is 22.0 Å². The molecular formula is C40H36F2N4O5S. The Morgan fingerprint density at radius 1 is 0.846 bits per heavy atom. The van der Waals surface area contributed by atoms with Crippen molar-refractivity contribution in [2.24, 2.45) is 0 Å². The van der Waals surface area contributed by atoms with Crippen LogP contribution >= 0.6 is 11.3 Å². The summed E-state index contributed by atoms with van der Waals surface area (Å²) in [6.07, 6.45) is 0.701. The van der Waals surface area contributed by atoms with E-state index in [9.17, 15) is 19.2 Å². The number of esters is 1. The minimum absolute atomic E-state index is 0.100. The average molecular weight is 723 g/mol. The highest BCUT2D eigenvalue weighted by molar-refractivity contribution is 7.22. The fourth-order valence-electron chi connectivity index (χ4n) is 6.05. The lowest BCUT2D eigenvalue weighted by Gasteiger charge is -2.18. The van der Waals surface area contributed by atoms with Crippen LogP contribution in [0, 0.1) is 11.6 Å². The number of ether oxygens (including phenoxy) is 1. The van der Waals surface area contributed by atoms with Crippen molar-refractivity contribution >= 4 is 33.3 Å². The number of para-hydroxylation sites is 1. The first kappa shape index (κ1) is 36.2. The molecular weight excluding hydrogens is 687 g/mol. The minimum Gasteiger partial charge on any atom is -0.461 e. The van der Waals surface area contributed by atoms with Crippen LogP contribution in [-0.2, 0) is 35.6 Å². The Morgan fingerprint density at radius 3 is 2.21 bits per heavy atom. The summed E-state index contributed by atoms with van der Waals surface area (Å²) in [6.45, 7) is 3.77. The highest BCUT2D eigenvalue weighted by Crippen LogP contribution is 2.38. The van der Waals surface area contributed by atoms with Crippen LogP contribution in [-0.4, -0.2) is 44.4 Å². The number of hydrogen-bond donors (Lipinski definition) is 0. The van der Waals surface area contributed by atoms with E-state index in [2.05, 4.69) is 4.98 Å². The number of carbonyl (C=O) groups excluding carboxylic acids is 2. The number of pyridine rings is 1. The second-order valence-corrected chi connectivity index (χ2v) is 13.3. The molecule has 3 heterocycles. The van der Waals surface area contributed by atoms with Crippen LogP contribution in [0.1, 0.15) is 53.1 Å². The van der Waals surface area contributed by atoms with E-state index >= 15 is 8.78 Å². The Hall–Kier alpha value is -5.59. The van der Waals surface area contributed by atoms with Gasteiger partial charge in [0.15, 0.2) is 0 Å². The Kier molecular flexibility index (Phi) is 11.0. The fourth-order valence-corrected chi connectivity index (χ4v) is 7.36. The lowest BCUT2D eigenvalue weighted by Crippen LogP contribution is -2.39. The van der Waals surface area contributed by atoms with Crippen LogP contribution in [0.4, 0.5) is 8.78 Å². The summed E-state index contributed by atoms with van der Waals surface area (Å²) in [6, 6.07) is 24.4. The molecule has 3 aromatic carbocycles. The van der Waals surface area contributed by atoms with E-state index in [0.29, 0.717) is 28.2 Å². The van der Waals surface area contributed by atoms with Gasteiger partial charge >= 0.3 is 11.7 Å². The summed E-state index contributed by atoms with van der Waals surface area (Å²) >= 11 is 1.19. The second-order valence-electron chi connectivity index (χ2n) is 12.3. The second kappa shape index (κ2) is 15.7. The SMILES string of the molecule is CCOC(=O)c1cccc(CN(C)Cc2c(-c3ccc(CC(=O)CC)cc3)sc3c2c(=O)n(-c2ccccc2)c(=O)n3Cc2c(F)cccc2F)n1. The standard InChI is InChI=1S/C40H36F2N4O5S/c1-4-29(47)21-25-17-19-26(20-18-25)36-31(23-44(3)22-27-11-9-16-34(43-27)39(49)51-5-2)35-37(48)46(28-12-7-6-8-13-28)40(50)45(38(35)52-36)24-30-32(41)14-10-15-33(30)42/h6-20H,4-5,21-24H2,1-3H3. The Morgan fingerprint density at radius 2 is 1.54 bits per heavy atom. The number of rotatable bonds is 13. The lowest BCUT2D eigenvalue weighted by atomic mass is 10.0. The number of Topliss-reactive ketones (excluding diaryl/α,β-unsaturated/α-hetero) is 1. The molecule has 52 heavy (non-hydrogen) atoms. The van der Waals surface area contributed by atoms with Crippen LogP contribution < -0.4 is 11.2 Å². The summed E-state index contributed by atoms with van der Waals surface area (Å²) in [5.41, 5.74) is 1.61. The van der Waals surface area contributed by atoms with Crippen molar-refractivity contribution in [1.29, 1.82) is 0 Å². The third-order valence-corrected chi connectivity index (χ3v) is 9.93. The molecule has 12 heteroatoms. The zero-order chi connectivity index (χ0) is 36.9. The number of nitrogens with zero attached hydrogens (tertiary/aromatic N) is 4. The van der Waals surface area contributed by atoms with Gasteiger partial charge in [0.05, 0.1) is 29.9 Å². The zero-order valence-electron chi connectivity index (χ0n) is 28.9. The molecule has 0 aliphatic heterocycles. The molecule has 0 unspecified atom stereocenters. The number of thiophene rings is 1. The molecule has 0 aliphatic carbocycles. The summed E-state index contributed by atoms with van der Waals surface area (Å²) in [7, 11) is 1.84. The normalized spacial score (nSPS) is 11.3. The third-order valence-electron chi connectivity index (χ3n) is 8.63. The number of benzene rings is 3. The van der Waals surface area contributed by atoms with E-state index < -0.39 is 35.4 Å². The topological polar surface area (TPSA) is 104 Å². The molecule has 0 amide bonds. The Bertz CT molecular complexity index is 2370. The highest BCUT2D eigenvalue weighted by atomic mass is 32.1. The van der Waals surface area contributed by atoms with E-state index in [1.54, 1.807) is 55.5 Å². The van der Waals surface area contributed by atoms with Crippen molar-refractivity contribution in [2.45, 2.75) is 46.3 Å². The molecule has 0 bridgehead atoms. The number of aromatic nitrogens is 3. The van der Waals surface area contributed by atoms with Crippen molar-refractivity contribution in [3.05, 3.63) is 152 Å². The number of hydrogen-bond acceptors (Lipinski definition) is 8. The largest absolute Gasteiger partial charge is 0.461 e. The van der Waals surface area contributed by atoms with Crippen molar-refractivity contribution < 1.29 is 23.1 Å². The van der Waals surface area contributed by atoms with Gasteiger partial charge in [-0.15, -0.1) is 11.3 Å². The molecule has 6 aromatic rings. The van der Waals surface area contributed by atoms with E-state index in [-0.39, 0.29) is 53.4 Å². The van der Waals surface area contributed by atoms with Gasteiger partial charge in [0, 0.05) is 36.4 Å². The molecule has 0 N–H and O–H groups in total. The van der Waals surface area contributed by atoms with E-state index in [1.807, 2.05) is 43.1 Å². The number of carbonyl (C=O) groups is 2. The Labute approximate surface area is 302 Å². The lowest BCUT2D eigenvalue weighted by molar-refractivity contribution is -0.118. The molecule has 3 aromatic heterocycles. The minimum atomic E-state index is -0.816. The maximum Gasteiger partial charge on any atom is 0.356 e. The summed E-state index contributed by atoms with van der Waals surface area (Å²) in [4.78, 5) is 60.7. The van der Waals surface area contributed by atoms with Gasteiger partial charge in [-0.25, -0.2) is 27.9 Å². The van der Waals surface area contributed by atoms with Crippen molar-refractivity contribution in [3.63, 3.8) is 0 Å². The predicted octanol–water partition coefficient (Wildman–Crippen LogP) is 6.93. The van der Waals surface area contributed by atoms with Crippen molar-refractivity contribution in [3.8, 4) is 16.1 Å². The van der Waals surface area contributed by atoms with Crippen molar-refractivity contribution in [2.75, 3.05) is 13.7 Å². The van der Waals surface area contributed by atoms with Crippen molar-refractivity contribution in [1.82, 2.24) is 19.0 Å². The fraction of sp³-hybridized carbons (Fsp3) is 0.225. The molecule has 9 nitrogen and oxygen atoms in total. The first-order chi connectivity index (χ1) is 25.1. The summed E-state index contributed by atoms with van der Waals surface area (Å²) < 4.78 is 37.6. The van der Waals surface area contributed by atoms with E-state index in [4.69, 9.17) is 4.74 Å². The number of ketones is 1.